The van der Waals surface area contributed by atoms with Crippen molar-refractivity contribution >= 4 is 37.3 Å². The van der Waals surface area contributed by atoms with Gasteiger partial charge in [0.1, 0.15) is 15.7 Å². The molecule has 1 aromatic carbocycles. The average molecular weight is 377 g/mol. The normalized spacial score (nSPS) is 13.2. The van der Waals surface area contributed by atoms with Crippen molar-refractivity contribution in [3.05, 3.63) is 39.3 Å². The summed E-state index contributed by atoms with van der Waals surface area (Å²) in [6.07, 6.45) is 1.64. The third-order valence-corrected chi connectivity index (χ3v) is 5.58. The van der Waals surface area contributed by atoms with Crippen LogP contribution in [0.25, 0.3) is 0 Å². The SMILES string of the molecule is COc1ccc(Br)cc1S(=O)(=O)NC(C)c1nccs1. The maximum atomic E-state index is 12.4. The Morgan fingerprint density at radius 3 is 2.80 bits per heavy atom. The largest absolute Gasteiger partial charge is 0.495 e. The molecule has 5 nitrogen and oxygen atoms in total. The van der Waals surface area contributed by atoms with Crippen LogP contribution in [0.2, 0.25) is 0 Å². The lowest BCUT2D eigenvalue weighted by Gasteiger charge is -2.14. The second-order valence-corrected chi connectivity index (χ2v) is 7.53. The molecule has 2 aromatic rings. The number of rotatable bonds is 5. The molecule has 0 amide bonds. The molecule has 0 bridgehead atoms. The number of thiazole rings is 1. The van der Waals surface area contributed by atoms with E-state index in [2.05, 4.69) is 25.6 Å². The highest BCUT2D eigenvalue weighted by atomic mass is 79.9. The van der Waals surface area contributed by atoms with Gasteiger partial charge in [0.2, 0.25) is 10.0 Å². The molecule has 1 N–H and O–H groups in total. The number of aromatic nitrogens is 1. The van der Waals surface area contributed by atoms with Gasteiger partial charge in [-0.1, -0.05) is 15.9 Å². The minimum Gasteiger partial charge on any atom is -0.495 e. The van der Waals surface area contributed by atoms with Crippen LogP contribution in [-0.4, -0.2) is 20.5 Å². The van der Waals surface area contributed by atoms with E-state index in [-0.39, 0.29) is 4.90 Å². The highest BCUT2D eigenvalue weighted by molar-refractivity contribution is 9.10. The summed E-state index contributed by atoms with van der Waals surface area (Å²) in [4.78, 5) is 4.20. The van der Waals surface area contributed by atoms with Gasteiger partial charge < -0.3 is 4.74 Å². The van der Waals surface area contributed by atoms with E-state index in [4.69, 9.17) is 4.74 Å². The Hall–Kier alpha value is -0.960. The monoisotopic (exact) mass is 376 g/mol. The highest BCUT2D eigenvalue weighted by Gasteiger charge is 2.23. The van der Waals surface area contributed by atoms with Crippen molar-refractivity contribution in [3.8, 4) is 5.75 Å². The van der Waals surface area contributed by atoms with Crippen molar-refractivity contribution in [2.24, 2.45) is 0 Å². The van der Waals surface area contributed by atoms with E-state index < -0.39 is 16.1 Å². The summed E-state index contributed by atoms with van der Waals surface area (Å²) < 4.78 is 33.2. The maximum Gasteiger partial charge on any atom is 0.244 e. The molecule has 1 atom stereocenters. The van der Waals surface area contributed by atoms with E-state index in [1.165, 1.54) is 24.5 Å². The quantitative estimate of drug-likeness (QED) is 0.870. The number of nitrogens with zero attached hydrogens (tertiary/aromatic N) is 1. The van der Waals surface area contributed by atoms with E-state index >= 15 is 0 Å². The lowest BCUT2D eigenvalue weighted by atomic mass is 10.3. The van der Waals surface area contributed by atoms with E-state index in [1.807, 2.05) is 0 Å². The minimum absolute atomic E-state index is 0.0952. The van der Waals surface area contributed by atoms with Crippen LogP contribution >= 0.6 is 27.3 Å². The second kappa shape index (κ2) is 6.21. The van der Waals surface area contributed by atoms with Gasteiger partial charge in [-0.3, -0.25) is 0 Å². The Labute approximate surface area is 130 Å². The zero-order valence-corrected chi connectivity index (χ0v) is 14.0. The molecule has 8 heteroatoms. The third-order valence-electron chi connectivity index (χ3n) is 2.57. The number of halogens is 1. The van der Waals surface area contributed by atoms with Crippen LogP contribution in [-0.2, 0) is 10.0 Å². The molecule has 0 aliphatic rings. The van der Waals surface area contributed by atoms with Crippen molar-refractivity contribution in [1.82, 2.24) is 9.71 Å². The van der Waals surface area contributed by atoms with Gasteiger partial charge in [0.15, 0.2) is 0 Å². The second-order valence-electron chi connectivity index (χ2n) is 4.01. The summed E-state index contributed by atoms with van der Waals surface area (Å²) in [6, 6.07) is 4.44. The maximum absolute atomic E-state index is 12.4. The number of benzene rings is 1. The zero-order valence-electron chi connectivity index (χ0n) is 10.8. The first-order chi connectivity index (χ1) is 9.44. The molecule has 2 rings (SSSR count). The lowest BCUT2D eigenvalue weighted by molar-refractivity contribution is 0.402. The Kier molecular flexibility index (Phi) is 4.79. The van der Waals surface area contributed by atoms with Crippen LogP contribution in [0.15, 0.2) is 39.1 Å². The number of hydrogen-bond donors (Lipinski definition) is 1. The molecule has 1 unspecified atom stereocenters. The number of nitrogens with one attached hydrogen (secondary N) is 1. The molecule has 0 radical (unpaired) electrons. The van der Waals surface area contributed by atoms with Gasteiger partial charge in [-0.05, 0) is 25.1 Å². The summed E-state index contributed by atoms with van der Waals surface area (Å²) in [5, 5.41) is 2.52. The number of ether oxygens (including phenoxy) is 1. The average Bonchev–Trinajstić information content (AvgIpc) is 2.92. The predicted molar refractivity (Wildman–Crippen MR) is 81.5 cm³/mol. The molecule has 1 aromatic heterocycles. The van der Waals surface area contributed by atoms with Crippen molar-refractivity contribution in [1.29, 1.82) is 0 Å². The lowest BCUT2D eigenvalue weighted by Crippen LogP contribution is -2.27. The Bertz CT molecular complexity index is 687. The molecule has 0 saturated heterocycles. The van der Waals surface area contributed by atoms with Crippen molar-refractivity contribution in [2.45, 2.75) is 17.9 Å². The fourth-order valence-corrected chi connectivity index (χ4v) is 4.29. The molecular formula is C12H13BrN2O3S2. The Morgan fingerprint density at radius 2 is 2.20 bits per heavy atom. The molecular weight excluding hydrogens is 364 g/mol. The van der Waals surface area contributed by atoms with Crippen LogP contribution in [0.5, 0.6) is 5.75 Å². The first kappa shape index (κ1) is 15.4. The van der Waals surface area contributed by atoms with Crippen LogP contribution in [0, 0.1) is 0 Å². The van der Waals surface area contributed by atoms with Crippen LogP contribution < -0.4 is 9.46 Å². The molecule has 0 fully saturated rings. The van der Waals surface area contributed by atoms with Crippen LogP contribution in [0.3, 0.4) is 0 Å². The minimum atomic E-state index is -3.69. The van der Waals surface area contributed by atoms with Crippen LogP contribution in [0.1, 0.15) is 18.0 Å². The number of methoxy groups -OCH3 is 1. The first-order valence-corrected chi connectivity index (χ1v) is 8.85. The Morgan fingerprint density at radius 1 is 1.45 bits per heavy atom. The molecule has 0 saturated carbocycles. The van der Waals surface area contributed by atoms with E-state index in [0.717, 1.165) is 0 Å². The van der Waals surface area contributed by atoms with Gasteiger partial charge >= 0.3 is 0 Å². The van der Waals surface area contributed by atoms with Gasteiger partial charge in [0.05, 0.1) is 13.2 Å². The molecule has 0 aliphatic heterocycles. The summed E-state index contributed by atoms with van der Waals surface area (Å²) in [6.45, 7) is 1.75. The summed E-state index contributed by atoms with van der Waals surface area (Å²) in [5.74, 6) is 0.298. The van der Waals surface area contributed by atoms with Gasteiger partial charge in [0.25, 0.3) is 0 Å². The smallest absolute Gasteiger partial charge is 0.244 e. The fraction of sp³-hybridized carbons (Fsp3) is 0.250. The number of hydrogen-bond acceptors (Lipinski definition) is 5. The van der Waals surface area contributed by atoms with E-state index in [1.54, 1.807) is 30.6 Å². The van der Waals surface area contributed by atoms with E-state index in [9.17, 15) is 8.42 Å². The molecule has 0 spiro atoms. The predicted octanol–water partition coefficient (Wildman–Crippen LogP) is 2.95. The molecule has 20 heavy (non-hydrogen) atoms. The summed E-state index contributed by atoms with van der Waals surface area (Å²) in [5.41, 5.74) is 0. The molecule has 108 valence electrons. The van der Waals surface area contributed by atoms with Gasteiger partial charge in [0, 0.05) is 16.0 Å². The van der Waals surface area contributed by atoms with Crippen molar-refractivity contribution in [2.75, 3.05) is 7.11 Å². The fourth-order valence-electron chi connectivity index (χ4n) is 1.66. The van der Waals surface area contributed by atoms with Crippen LogP contribution in [0.4, 0.5) is 0 Å². The number of sulfonamides is 1. The topological polar surface area (TPSA) is 68.3 Å². The highest BCUT2D eigenvalue weighted by Crippen LogP contribution is 2.28. The Balaban J connectivity index is 2.33. The van der Waals surface area contributed by atoms with Gasteiger partial charge in [-0.25, -0.2) is 18.1 Å². The van der Waals surface area contributed by atoms with Crippen molar-refractivity contribution in [3.63, 3.8) is 0 Å². The standard InChI is InChI=1S/C12H13BrN2O3S2/c1-8(12-14-5-6-19-12)15-20(16,17)11-7-9(13)3-4-10(11)18-2/h3-8,15H,1-2H3. The zero-order chi connectivity index (χ0) is 14.8. The third kappa shape index (κ3) is 3.38. The summed E-state index contributed by atoms with van der Waals surface area (Å²) in [7, 11) is -2.25. The van der Waals surface area contributed by atoms with E-state index in [0.29, 0.717) is 15.2 Å². The first-order valence-electron chi connectivity index (χ1n) is 5.69. The van der Waals surface area contributed by atoms with Crippen molar-refractivity contribution < 1.29 is 13.2 Å². The van der Waals surface area contributed by atoms with Gasteiger partial charge in [-0.2, -0.15) is 0 Å². The molecule has 1 heterocycles. The molecule has 0 aliphatic carbocycles. The summed E-state index contributed by atoms with van der Waals surface area (Å²) >= 11 is 4.67. The van der Waals surface area contributed by atoms with Gasteiger partial charge in [-0.15, -0.1) is 11.3 Å².